The fourth-order valence-electron chi connectivity index (χ4n) is 1.93. The van der Waals surface area contributed by atoms with Gasteiger partial charge in [-0.25, -0.2) is 0 Å². The van der Waals surface area contributed by atoms with Crippen LogP contribution in [-0.2, 0) is 0 Å². The highest BCUT2D eigenvalue weighted by molar-refractivity contribution is 9.10. The van der Waals surface area contributed by atoms with E-state index in [-0.39, 0.29) is 11.9 Å². The van der Waals surface area contributed by atoms with Crippen molar-refractivity contribution in [2.24, 2.45) is 0 Å². The van der Waals surface area contributed by atoms with Crippen LogP contribution in [0.1, 0.15) is 10.4 Å². The van der Waals surface area contributed by atoms with Gasteiger partial charge in [0, 0.05) is 37.0 Å². The van der Waals surface area contributed by atoms with Crippen LogP contribution in [-0.4, -0.2) is 53.2 Å². The van der Waals surface area contributed by atoms with E-state index >= 15 is 0 Å². The summed E-state index contributed by atoms with van der Waals surface area (Å²) in [6.45, 7) is 1.14. The van der Waals surface area contributed by atoms with Gasteiger partial charge in [0.15, 0.2) is 0 Å². The fourth-order valence-corrected chi connectivity index (χ4v) is 2.29. The number of amides is 1. The second kappa shape index (κ2) is 5.12. The molecule has 0 saturated carbocycles. The third-order valence-electron chi connectivity index (χ3n) is 2.92. The van der Waals surface area contributed by atoms with E-state index in [1.54, 1.807) is 24.2 Å². The molecule has 0 aromatic carbocycles. The zero-order valence-electron chi connectivity index (χ0n) is 9.43. The van der Waals surface area contributed by atoms with Crippen LogP contribution in [0.5, 0.6) is 0 Å². The van der Waals surface area contributed by atoms with Crippen LogP contribution in [0.15, 0.2) is 22.9 Å². The highest BCUT2D eigenvalue weighted by Crippen LogP contribution is 2.14. The molecule has 6 heteroatoms. The van der Waals surface area contributed by atoms with Crippen molar-refractivity contribution < 1.29 is 9.90 Å². The van der Waals surface area contributed by atoms with E-state index in [4.69, 9.17) is 0 Å². The normalized spacial score (nSPS) is 23.7. The first-order valence-corrected chi connectivity index (χ1v) is 6.15. The van der Waals surface area contributed by atoms with Crippen molar-refractivity contribution in [3.05, 3.63) is 28.5 Å². The molecule has 0 bridgehead atoms. The van der Waals surface area contributed by atoms with Crippen molar-refractivity contribution in [3.63, 3.8) is 0 Å². The molecule has 0 aliphatic carbocycles. The first-order valence-electron chi connectivity index (χ1n) is 5.36. The molecule has 1 fully saturated rings. The molecule has 1 aliphatic rings. The number of nitrogens with one attached hydrogen (secondary N) is 1. The van der Waals surface area contributed by atoms with Crippen molar-refractivity contribution in [2.45, 2.75) is 12.1 Å². The topological polar surface area (TPSA) is 65.5 Å². The molecule has 1 amide bonds. The van der Waals surface area contributed by atoms with Crippen molar-refractivity contribution in [2.75, 3.05) is 20.1 Å². The Morgan fingerprint density at radius 1 is 1.59 bits per heavy atom. The third-order valence-corrected chi connectivity index (χ3v) is 3.35. The summed E-state index contributed by atoms with van der Waals surface area (Å²) in [6, 6.07) is 1.54. The molecule has 0 unspecified atom stereocenters. The molecular weight excluding hydrogens is 286 g/mol. The fraction of sp³-hybridized carbons (Fsp3) is 0.455. The van der Waals surface area contributed by atoms with Crippen LogP contribution >= 0.6 is 15.9 Å². The van der Waals surface area contributed by atoms with E-state index in [0.29, 0.717) is 18.7 Å². The Hall–Kier alpha value is -0.980. The van der Waals surface area contributed by atoms with Gasteiger partial charge in [-0.05, 0) is 22.0 Å². The number of hydrogen-bond acceptors (Lipinski definition) is 4. The lowest BCUT2D eigenvalue weighted by Gasteiger charge is -2.26. The Morgan fingerprint density at radius 2 is 2.35 bits per heavy atom. The van der Waals surface area contributed by atoms with Crippen LogP contribution in [0.4, 0.5) is 0 Å². The first kappa shape index (κ1) is 12.5. The number of aromatic nitrogens is 1. The Balaban J connectivity index is 2.14. The van der Waals surface area contributed by atoms with Gasteiger partial charge in [-0.1, -0.05) is 0 Å². The summed E-state index contributed by atoms with van der Waals surface area (Å²) in [5, 5.41) is 12.8. The molecule has 0 spiro atoms. The summed E-state index contributed by atoms with van der Waals surface area (Å²) >= 11 is 3.28. The Bertz CT molecular complexity index is 427. The number of rotatable bonds is 2. The number of nitrogens with zero attached hydrogens (tertiary/aromatic N) is 2. The number of aliphatic hydroxyl groups excluding tert-OH is 1. The molecule has 2 rings (SSSR count). The highest BCUT2D eigenvalue weighted by atomic mass is 79.9. The number of hydrogen-bond donors (Lipinski definition) is 2. The largest absolute Gasteiger partial charge is 0.390 e. The average Bonchev–Trinajstić information content (AvgIpc) is 2.73. The highest BCUT2D eigenvalue weighted by Gasteiger charge is 2.31. The van der Waals surface area contributed by atoms with E-state index in [1.807, 2.05) is 0 Å². The molecule has 1 aromatic heterocycles. The number of pyridine rings is 1. The quantitative estimate of drug-likeness (QED) is 0.822. The molecule has 1 aromatic rings. The van der Waals surface area contributed by atoms with Crippen LogP contribution in [0.25, 0.3) is 0 Å². The van der Waals surface area contributed by atoms with Crippen LogP contribution < -0.4 is 5.32 Å². The predicted molar refractivity (Wildman–Crippen MR) is 66.7 cm³/mol. The molecule has 2 N–H and O–H groups in total. The molecule has 1 aliphatic heterocycles. The zero-order chi connectivity index (χ0) is 12.4. The lowest BCUT2D eigenvalue weighted by Crippen LogP contribution is -2.44. The Morgan fingerprint density at radius 3 is 2.94 bits per heavy atom. The lowest BCUT2D eigenvalue weighted by atomic mass is 10.1. The lowest BCUT2D eigenvalue weighted by molar-refractivity contribution is 0.0581. The molecule has 5 nitrogen and oxygen atoms in total. The molecular formula is C11H14BrN3O2. The zero-order valence-corrected chi connectivity index (χ0v) is 11.0. The Kier molecular flexibility index (Phi) is 3.76. The summed E-state index contributed by atoms with van der Waals surface area (Å²) in [7, 11) is 1.70. The minimum absolute atomic E-state index is 0.133. The van der Waals surface area contributed by atoms with E-state index in [0.717, 1.165) is 4.47 Å². The summed E-state index contributed by atoms with van der Waals surface area (Å²) < 4.78 is 0.766. The molecule has 2 heterocycles. The number of halogens is 1. The molecule has 17 heavy (non-hydrogen) atoms. The average molecular weight is 300 g/mol. The predicted octanol–water partition coefficient (Wildman–Crippen LogP) is 0.249. The smallest absolute Gasteiger partial charge is 0.255 e. The second-order valence-electron chi connectivity index (χ2n) is 4.10. The van der Waals surface area contributed by atoms with E-state index in [9.17, 15) is 9.90 Å². The Labute approximate surface area is 108 Å². The summed E-state index contributed by atoms with van der Waals surface area (Å²) in [5.74, 6) is -0.133. The van der Waals surface area contributed by atoms with Crippen LogP contribution in [0.3, 0.4) is 0 Å². The van der Waals surface area contributed by atoms with E-state index in [1.165, 1.54) is 6.20 Å². The van der Waals surface area contributed by atoms with Crippen molar-refractivity contribution in [3.8, 4) is 0 Å². The maximum absolute atomic E-state index is 12.2. The summed E-state index contributed by atoms with van der Waals surface area (Å²) in [5.41, 5.74) is 0.515. The van der Waals surface area contributed by atoms with Crippen LogP contribution in [0.2, 0.25) is 0 Å². The standard InChI is InChI=1S/C11H14BrN3O2/c1-15(9-5-14-6-10(9)16)11(17)7-2-8(12)4-13-3-7/h2-4,9-10,14,16H,5-6H2,1H3/t9-,10-/m1/s1. The number of β-amino-alcohol motifs (C(OH)–C–C–N with tert-alkyl or cyclic N) is 1. The van der Waals surface area contributed by atoms with Gasteiger partial charge in [0.2, 0.25) is 0 Å². The van der Waals surface area contributed by atoms with Gasteiger partial charge < -0.3 is 15.3 Å². The minimum atomic E-state index is -0.510. The number of carbonyl (C=O) groups excluding carboxylic acids is 1. The minimum Gasteiger partial charge on any atom is -0.390 e. The van der Waals surface area contributed by atoms with Gasteiger partial charge in [0.1, 0.15) is 0 Å². The SMILES string of the molecule is CN(C(=O)c1cncc(Br)c1)[C@@H]1CNC[C@H]1O. The van der Waals surface area contributed by atoms with Crippen LogP contribution in [0, 0.1) is 0 Å². The molecule has 2 atom stereocenters. The van der Waals surface area contributed by atoms with Gasteiger partial charge >= 0.3 is 0 Å². The number of likely N-dealkylation sites (N-methyl/N-ethyl adjacent to an activating group) is 1. The maximum Gasteiger partial charge on any atom is 0.255 e. The summed E-state index contributed by atoms with van der Waals surface area (Å²) in [4.78, 5) is 17.7. The first-order chi connectivity index (χ1) is 8.09. The van der Waals surface area contributed by atoms with Gasteiger partial charge in [0.25, 0.3) is 5.91 Å². The van der Waals surface area contributed by atoms with Gasteiger partial charge in [-0.2, -0.15) is 0 Å². The maximum atomic E-state index is 12.2. The number of aliphatic hydroxyl groups is 1. The molecule has 1 saturated heterocycles. The number of carbonyl (C=O) groups is 1. The van der Waals surface area contributed by atoms with E-state index in [2.05, 4.69) is 26.2 Å². The molecule has 92 valence electrons. The second-order valence-corrected chi connectivity index (χ2v) is 5.02. The van der Waals surface area contributed by atoms with Crippen molar-refractivity contribution >= 4 is 21.8 Å². The van der Waals surface area contributed by atoms with Gasteiger partial charge in [0.05, 0.1) is 17.7 Å². The van der Waals surface area contributed by atoms with Gasteiger partial charge in [-0.15, -0.1) is 0 Å². The van der Waals surface area contributed by atoms with Gasteiger partial charge in [-0.3, -0.25) is 9.78 Å². The van der Waals surface area contributed by atoms with Crippen molar-refractivity contribution in [1.82, 2.24) is 15.2 Å². The monoisotopic (exact) mass is 299 g/mol. The summed E-state index contributed by atoms with van der Waals surface area (Å²) in [6.07, 6.45) is 2.64. The van der Waals surface area contributed by atoms with E-state index < -0.39 is 6.10 Å². The van der Waals surface area contributed by atoms with Crippen molar-refractivity contribution in [1.29, 1.82) is 0 Å². The molecule has 0 radical (unpaired) electrons. The third kappa shape index (κ3) is 2.65.